The SMILES string of the molecule is CCCCC1CCc2c(O)cccc2C1.CCCN(CCc1cccs1)C1CCc2c(O)cccc2C1.CCc1cccs1. The Bertz CT molecular complexity index is 1350. The van der Waals surface area contributed by atoms with Crippen LogP contribution in [0.4, 0.5) is 0 Å². The van der Waals surface area contributed by atoms with E-state index in [1.807, 2.05) is 46.9 Å². The van der Waals surface area contributed by atoms with Crippen LogP contribution in [0.3, 0.4) is 0 Å². The highest BCUT2D eigenvalue weighted by atomic mass is 32.1. The molecule has 0 fully saturated rings. The molecule has 0 aliphatic heterocycles. The van der Waals surface area contributed by atoms with E-state index in [0.29, 0.717) is 17.5 Å². The highest BCUT2D eigenvalue weighted by molar-refractivity contribution is 7.10. The van der Waals surface area contributed by atoms with Gasteiger partial charge in [-0.15, -0.1) is 22.7 Å². The lowest BCUT2D eigenvalue weighted by Gasteiger charge is -2.35. The topological polar surface area (TPSA) is 43.7 Å². The summed E-state index contributed by atoms with van der Waals surface area (Å²) >= 11 is 3.68. The van der Waals surface area contributed by atoms with Gasteiger partial charge in [-0.3, -0.25) is 4.90 Å². The summed E-state index contributed by atoms with van der Waals surface area (Å²) in [7, 11) is 0. The van der Waals surface area contributed by atoms with Crippen LogP contribution in [0.2, 0.25) is 0 Å². The van der Waals surface area contributed by atoms with Gasteiger partial charge in [0.25, 0.3) is 0 Å². The molecule has 4 aromatic rings. The van der Waals surface area contributed by atoms with Crippen LogP contribution in [0.15, 0.2) is 71.4 Å². The monoisotopic (exact) mass is 631 g/mol. The van der Waals surface area contributed by atoms with Gasteiger partial charge in [-0.25, -0.2) is 0 Å². The van der Waals surface area contributed by atoms with Crippen molar-refractivity contribution >= 4 is 22.7 Å². The number of fused-ring (bicyclic) bond motifs is 2. The summed E-state index contributed by atoms with van der Waals surface area (Å²) in [5, 5.41) is 24.0. The van der Waals surface area contributed by atoms with Gasteiger partial charge in [-0.05, 0) is 128 Å². The zero-order valence-electron chi connectivity index (χ0n) is 27.1. The molecule has 0 saturated carbocycles. The molecule has 0 bridgehead atoms. The maximum absolute atomic E-state index is 10.0. The number of phenolic OH excluding ortho intramolecular Hbond substituents is 2. The minimum Gasteiger partial charge on any atom is -0.508 e. The Kier molecular flexibility index (Phi) is 14.3. The predicted molar refractivity (Wildman–Crippen MR) is 191 cm³/mol. The fourth-order valence-electron chi connectivity index (χ4n) is 6.67. The van der Waals surface area contributed by atoms with Crippen molar-refractivity contribution in [1.29, 1.82) is 0 Å². The average Bonchev–Trinajstić information content (AvgIpc) is 3.78. The molecule has 2 aromatic heterocycles. The fourth-order valence-corrected chi connectivity index (χ4v) is 8.02. The lowest BCUT2D eigenvalue weighted by atomic mass is 9.81. The molecule has 2 N–H and O–H groups in total. The summed E-state index contributed by atoms with van der Waals surface area (Å²) in [4.78, 5) is 5.61. The van der Waals surface area contributed by atoms with Crippen LogP contribution in [0.1, 0.15) is 91.3 Å². The van der Waals surface area contributed by atoms with E-state index in [0.717, 1.165) is 44.6 Å². The summed E-state index contributed by atoms with van der Waals surface area (Å²) in [6.07, 6.45) is 14.3. The summed E-state index contributed by atoms with van der Waals surface area (Å²) in [6, 6.07) is 21.2. The van der Waals surface area contributed by atoms with Crippen molar-refractivity contribution < 1.29 is 10.2 Å². The number of thiophene rings is 2. The third kappa shape index (κ3) is 10.2. The van der Waals surface area contributed by atoms with Gasteiger partial charge in [0.1, 0.15) is 11.5 Å². The number of aromatic hydroxyl groups is 2. The second-order valence-electron chi connectivity index (χ2n) is 12.3. The Hall–Kier alpha value is -2.60. The summed E-state index contributed by atoms with van der Waals surface area (Å²) in [5.41, 5.74) is 5.09. The first-order chi connectivity index (χ1) is 21.5. The molecular formula is C39H53NO2S2. The zero-order chi connectivity index (χ0) is 31.1. The molecule has 2 heterocycles. The Morgan fingerprint density at radius 2 is 1.34 bits per heavy atom. The molecule has 2 unspecified atom stereocenters. The molecule has 6 rings (SSSR count). The smallest absolute Gasteiger partial charge is 0.119 e. The molecule has 5 heteroatoms. The average molecular weight is 632 g/mol. The quantitative estimate of drug-likeness (QED) is 0.183. The standard InChI is InChI=1S/C19H25NOS.C14H20O.C6H8S/c1-2-11-20(12-10-17-6-4-13-22-17)16-8-9-18-15(14-16)5-3-7-19(18)21;1-2-3-5-11-8-9-13-12(10-11)6-4-7-14(13)15;1-2-6-4-3-5-7-6/h3-7,13,16,21H,2,8-12,14H2,1H3;4,6-7,11,15H,2-3,5,8-10H2,1H3;3-5H,2H2,1H3. The van der Waals surface area contributed by atoms with Crippen LogP contribution in [0.5, 0.6) is 11.5 Å². The van der Waals surface area contributed by atoms with Gasteiger partial charge in [-0.2, -0.15) is 0 Å². The molecule has 2 aliphatic rings. The number of hydrogen-bond donors (Lipinski definition) is 2. The van der Waals surface area contributed by atoms with Crippen LogP contribution in [-0.2, 0) is 38.5 Å². The second kappa shape index (κ2) is 18.4. The first-order valence-electron chi connectivity index (χ1n) is 16.9. The van der Waals surface area contributed by atoms with Crippen molar-refractivity contribution in [2.45, 2.75) is 104 Å². The number of phenols is 2. The molecular weight excluding hydrogens is 579 g/mol. The minimum atomic E-state index is 0.483. The third-order valence-corrected chi connectivity index (χ3v) is 11.1. The van der Waals surface area contributed by atoms with Gasteiger partial charge < -0.3 is 10.2 Å². The maximum atomic E-state index is 10.0. The Balaban J connectivity index is 0.000000172. The van der Waals surface area contributed by atoms with E-state index in [2.05, 4.69) is 72.8 Å². The van der Waals surface area contributed by atoms with E-state index in [-0.39, 0.29) is 0 Å². The van der Waals surface area contributed by atoms with Gasteiger partial charge in [0.15, 0.2) is 0 Å². The minimum absolute atomic E-state index is 0.483. The van der Waals surface area contributed by atoms with Crippen LogP contribution >= 0.6 is 22.7 Å². The molecule has 0 spiro atoms. The first-order valence-corrected chi connectivity index (χ1v) is 18.7. The summed E-state index contributed by atoms with van der Waals surface area (Å²) in [5.74, 6) is 1.83. The van der Waals surface area contributed by atoms with Crippen molar-refractivity contribution in [3.05, 3.63) is 103 Å². The van der Waals surface area contributed by atoms with Gasteiger partial charge in [0.2, 0.25) is 0 Å². The molecule has 3 nitrogen and oxygen atoms in total. The zero-order valence-corrected chi connectivity index (χ0v) is 28.8. The molecule has 238 valence electrons. The highest BCUT2D eigenvalue weighted by Gasteiger charge is 2.25. The van der Waals surface area contributed by atoms with E-state index in [9.17, 15) is 10.2 Å². The number of aryl methyl sites for hydroxylation is 1. The van der Waals surface area contributed by atoms with Gasteiger partial charge >= 0.3 is 0 Å². The number of unbranched alkanes of at least 4 members (excludes halogenated alkanes) is 1. The van der Waals surface area contributed by atoms with E-state index < -0.39 is 0 Å². The van der Waals surface area contributed by atoms with E-state index >= 15 is 0 Å². The predicted octanol–water partition coefficient (Wildman–Crippen LogP) is 10.3. The third-order valence-electron chi connectivity index (χ3n) is 9.14. The molecule has 0 radical (unpaired) electrons. The Morgan fingerprint density at radius 1 is 0.705 bits per heavy atom. The number of benzene rings is 2. The normalized spacial score (nSPS) is 17.1. The van der Waals surface area contributed by atoms with Crippen LogP contribution in [0, 0.1) is 5.92 Å². The largest absolute Gasteiger partial charge is 0.508 e. The van der Waals surface area contributed by atoms with Crippen molar-refractivity contribution in [3.8, 4) is 11.5 Å². The second-order valence-corrected chi connectivity index (χ2v) is 14.3. The molecule has 0 amide bonds. The summed E-state index contributed by atoms with van der Waals surface area (Å²) < 4.78 is 0. The van der Waals surface area contributed by atoms with Crippen molar-refractivity contribution in [1.82, 2.24) is 4.90 Å². The number of hydrogen-bond acceptors (Lipinski definition) is 5. The summed E-state index contributed by atoms with van der Waals surface area (Å²) in [6.45, 7) is 9.01. The maximum Gasteiger partial charge on any atom is 0.119 e. The molecule has 2 atom stereocenters. The Morgan fingerprint density at radius 3 is 1.91 bits per heavy atom. The first kappa shape index (κ1) is 34.3. The number of rotatable bonds is 10. The molecule has 44 heavy (non-hydrogen) atoms. The van der Waals surface area contributed by atoms with Gasteiger partial charge in [0, 0.05) is 22.3 Å². The van der Waals surface area contributed by atoms with E-state index in [1.54, 1.807) is 0 Å². The van der Waals surface area contributed by atoms with Crippen LogP contribution in [0.25, 0.3) is 0 Å². The molecule has 2 aliphatic carbocycles. The van der Waals surface area contributed by atoms with Crippen LogP contribution in [-0.4, -0.2) is 34.2 Å². The lowest BCUT2D eigenvalue weighted by Crippen LogP contribution is -2.41. The van der Waals surface area contributed by atoms with Crippen molar-refractivity contribution in [2.75, 3.05) is 13.1 Å². The van der Waals surface area contributed by atoms with E-state index in [1.165, 1.54) is 83.5 Å². The van der Waals surface area contributed by atoms with Crippen molar-refractivity contribution in [2.24, 2.45) is 5.92 Å². The lowest BCUT2D eigenvalue weighted by molar-refractivity contribution is 0.181. The van der Waals surface area contributed by atoms with E-state index in [4.69, 9.17) is 0 Å². The molecule has 2 aromatic carbocycles. The highest BCUT2D eigenvalue weighted by Crippen LogP contribution is 2.33. The van der Waals surface area contributed by atoms with Crippen LogP contribution < -0.4 is 0 Å². The van der Waals surface area contributed by atoms with Gasteiger partial charge in [0.05, 0.1) is 0 Å². The fraction of sp³-hybridized carbons (Fsp3) is 0.487. The molecule has 0 saturated heterocycles. The number of nitrogens with zero attached hydrogens (tertiary/aromatic N) is 1. The van der Waals surface area contributed by atoms with Crippen molar-refractivity contribution in [3.63, 3.8) is 0 Å². The van der Waals surface area contributed by atoms with Gasteiger partial charge in [-0.1, -0.05) is 76.4 Å². The Labute approximate surface area is 274 Å².